The average molecular weight is 417 g/mol. The maximum absolute atomic E-state index is 12.3. The maximum Gasteiger partial charge on any atom is 0.240 e. The molecule has 2 rings (SSSR count). The number of benzene rings is 2. The van der Waals surface area contributed by atoms with Gasteiger partial charge < -0.3 is 5.32 Å². The van der Waals surface area contributed by atoms with Gasteiger partial charge >= 0.3 is 0 Å². The average Bonchev–Trinajstić information content (AvgIpc) is 2.69. The molecule has 29 heavy (non-hydrogen) atoms. The third-order valence-corrected chi connectivity index (χ3v) is 6.07. The maximum atomic E-state index is 12.3. The lowest BCUT2D eigenvalue weighted by Gasteiger charge is -2.22. The van der Waals surface area contributed by atoms with Gasteiger partial charge in [0.25, 0.3) is 0 Å². The van der Waals surface area contributed by atoms with Crippen LogP contribution in [-0.2, 0) is 27.7 Å². The molecule has 158 valence electrons. The predicted octanol–water partition coefficient (Wildman–Crippen LogP) is 3.89. The molecule has 2 aromatic rings. The molecule has 0 unspecified atom stereocenters. The lowest BCUT2D eigenvalue weighted by Crippen LogP contribution is -2.40. The van der Waals surface area contributed by atoms with Crippen LogP contribution >= 0.6 is 0 Å². The Kier molecular flexibility index (Phi) is 8.26. The van der Waals surface area contributed by atoms with Crippen molar-refractivity contribution in [3.8, 4) is 0 Å². The summed E-state index contributed by atoms with van der Waals surface area (Å²) in [6, 6.07) is 15.8. The van der Waals surface area contributed by atoms with Crippen molar-refractivity contribution in [2.24, 2.45) is 0 Å². The number of anilines is 1. The van der Waals surface area contributed by atoms with Crippen LogP contribution in [0.15, 0.2) is 48.5 Å². The number of hydrogen-bond acceptors (Lipinski definition) is 3. The number of rotatable bonds is 10. The van der Waals surface area contributed by atoms with Gasteiger partial charge in [0.15, 0.2) is 0 Å². The molecule has 1 amide bonds. The third-order valence-electron chi connectivity index (χ3n) is 4.93. The Bertz CT molecular complexity index is 889. The highest BCUT2D eigenvalue weighted by molar-refractivity contribution is 7.92. The molecule has 0 spiro atoms. The molecule has 0 radical (unpaired) electrons. The minimum Gasteiger partial charge on any atom is -0.355 e. The molecule has 0 atom stereocenters. The lowest BCUT2D eigenvalue weighted by molar-refractivity contribution is -0.119. The van der Waals surface area contributed by atoms with Gasteiger partial charge in [-0.1, -0.05) is 57.2 Å². The molecule has 0 aliphatic rings. The topological polar surface area (TPSA) is 66.5 Å². The van der Waals surface area contributed by atoms with Crippen molar-refractivity contribution in [3.05, 3.63) is 65.2 Å². The lowest BCUT2D eigenvalue weighted by atomic mass is 10.0. The first-order valence-corrected chi connectivity index (χ1v) is 12.0. The van der Waals surface area contributed by atoms with E-state index in [2.05, 4.69) is 43.4 Å². The molecule has 6 heteroatoms. The fourth-order valence-corrected chi connectivity index (χ4v) is 3.93. The van der Waals surface area contributed by atoms with Gasteiger partial charge in [-0.2, -0.15) is 0 Å². The van der Waals surface area contributed by atoms with Crippen molar-refractivity contribution in [3.63, 3.8) is 0 Å². The normalized spacial score (nSPS) is 11.5. The Labute approximate surface area is 175 Å². The summed E-state index contributed by atoms with van der Waals surface area (Å²) in [5.74, 6) is 0.212. The SMILES string of the molecule is CCc1ccc(N(CC(=O)NCCCc2ccc(C(C)C)cc2)S(C)(=O)=O)cc1. The first-order valence-electron chi connectivity index (χ1n) is 10.1. The number of nitrogens with one attached hydrogen (secondary N) is 1. The number of aryl methyl sites for hydroxylation is 2. The van der Waals surface area contributed by atoms with Crippen molar-refractivity contribution < 1.29 is 13.2 Å². The Hall–Kier alpha value is -2.34. The predicted molar refractivity (Wildman–Crippen MR) is 120 cm³/mol. The van der Waals surface area contributed by atoms with Gasteiger partial charge in [0.2, 0.25) is 15.9 Å². The quantitative estimate of drug-likeness (QED) is 0.598. The van der Waals surface area contributed by atoms with Crippen LogP contribution in [0.2, 0.25) is 0 Å². The first-order chi connectivity index (χ1) is 13.7. The largest absolute Gasteiger partial charge is 0.355 e. The van der Waals surface area contributed by atoms with Gasteiger partial charge in [0.05, 0.1) is 11.9 Å². The van der Waals surface area contributed by atoms with E-state index in [1.807, 2.05) is 19.1 Å². The highest BCUT2D eigenvalue weighted by Gasteiger charge is 2.20. The third kappa shape index (κ3) is 7.20. The van der Waals surface area contributed by atoms with Crippen LogP contribution in [0.1, 0.15) is 49.8 Å². The minimum absolute atomic E-state index is 0.215. The van der Waals surface area contributed by atoms with Crippen LogP contribution in [0.4, 0.5) is 5.69 Å². The molecule has 2 aromatic carbocycles. The van der Waals surface area contributed by atoms with Crippen LogP contribution in [0, 0.1) is 0 Å². The highest BCUT2D eigenvalue weighted by atomic mass is 32.2. The summed E-state index contributed by atoms with van der Waals surface area (Å²) >= 11 is 0. The van der Waals surface area contributed by atoms with Gasteiger partial charge in [0.1, 0.15) is 6.54 Å². The van der Waals surface area contributed by atoms with E-state index in [-0.39, 0.29) is 12.5 Å². The van der Waals surface area contributed by atoms with Gasteiger partial charge in [-0.05, 0) is 54.0 Å². The van der Waals surface area contributed by atoms with E-state index >= 15 is 0 Å². The summed E-state index contributed by atoms with van der Waals surface area (Å²) in [5.41, 5.74) is 4.17. The number of sulfonamides is 1. The monoisotopic (exact) mass is 416 g/mol. The zero-order chi connectivity index (χ0) is 21.4. The van der Waals surface area contributed by atoms with Gasteiger partial charge in [0, 0.05) is 6.54 Å². The summed E-state index contributed by atoms with van der Waals surface area (Å²) in [5, 5.41) is 2.83. The Morgan fingerprint density at radius 1 is 1.00 bits per heavy atom. The molecule has 0 saturated heterocycles. The molecule has 1 N–H and O–H groups in total. The summed E-state index contributed by atoms with van der Waals surface area (Å²) in [6.07, 6.45) is 3.67. The molecular formula is C23H32N2O3S. The fourth-order valence-electron chi connectivity index (χ4n) is 3.07. The smallest absolute Gasteiger partial charge is 0.240 e. The van der Waals surface area contributed by atoms with E-state index in [0.29, 0.717) is 18.2 Å². The van der Waals surface area contributed by atoms with Crippen LogP contribution in [0.25, 0.3) is 0 Å². The van der Waals surface area contributed by atoms with Gasteiger partial charge in [-0.3, -0.25) is 9.10 Å². The van der Waals surface area contributed by atoms with Crippen molar-refractivity contribution in [1.82, 2.24) is 5.32 Å². The van der Waals surface area contributed by atoms with Crippen LogP contribution in [-0.4, -0.2) is 33.7 Å². The minimum atomic E-state index is -3.54. The zero-order valence-electron chi connectivity index (χ0n) is 17.8. The van der Waals surface area contributed by atoms with E-state index in [1.54, 1.807) is 12.1 Å². The summed E-state index contributed by atoms with van der Waals surface area (Å²) in [6.45, 7) is 6.67. The van der Waals surface area contributed by atoms with Crippen molar-refractivity contribution in [1.29, 1.82) is 0 Å². The van der Waals surface area contributed by atoms with Crippen LogP contribution in [0.3, 0.4) is 0 Å². The number of carbonyl (C=O) groups excluding carboxylic acids is 1. The van der Waals surface area contributed by atoms with E-state index < -0.39 is 10.0 Å². The standard InChI is InChI=1S/C23H32N2O3S/c1-5-19-10-14-22(15-11-19)25(29(4,27)28)17-23(26)24-16-6-7-20-8-12-21(13-9-20)18(2)3/h8-15,18H,5-7,16-17H2,1-4H3,(H,24,26). The van der Waals surface area contributed by atoms with E-state index in [0.717, 1.165) is 35.4 Å². The van der Waals surface area contributed by atoms with Crippen LogP contribution < -0.4 is 9.62 Å². The van der Waals surface area contributed by atoms with E-state index in [9.17, 15) is 13.2 Å². The first kappa shape index (κ1) is 22.9. The summed E-state index contributed by atoms with van der Waals surface area (Å²) in [7, 11) is -3.54. The Morgan fingerprint density at radius 2 is 1.59 bits per heavy atom. The van der Waals surface area contributed by atoms with E-state index in [1.165, 1.54) is 11.1 Å². The number of nitrogens with zero attached hydrogens (tertiary/aromatic N) is 1. The zero-order valence-corrected chi connectivity index (χ0v) is 18.6. The molecular weight excluding hydrogens is 384 g/mol. The van der Waals surface area contributed by atoms with Crippen molar-refractivity contribution >= 4 is 21.6 Å². The molecule has 0 heterocycles. The number of hydrogen-bond donors (Lipinski definition) is 1. The van der Waals surface area contributed by atoms with Crippen molar-refractivity contribution in [2.45, 2.75) is 46.0 Å². The molecule has 0 aromatic heterocycles. The van der Waals surface area contributed by atoms with Crippen LogP contribution in [0.5, 0.6) is 0 Å². The summed E-state index contributed by atoms with van der Waals surface area (Å²) in [4.78, 5) is 12.3. The second-order valence-electron chi connectivity index (χ2n) is 7.64. The van der Waals surface area contributed by atoms with Gasteiger partial charge in [-0.15, -0.1) is 0 Å². The second kappa shape index (κ2) is 10.4. The molecule has 0 aliphatic heterocycles. The number of amides is 1. The number of carbonyl (C=O) groups is 1. The molecule has 0 fully saturated rings. The van der Waals surface area contributed by atoms with E-state index in [4.69, 9.17) is 0 Å². The molecule has 0 bridgehead atoms. The fraction of sp³-hybridized carbons (Fsp3) is 0.435. The van der Waals surface area contributed by atoms with Crippen molar-refractivity contribution in [2.75, 3.05) is 23.7 Å². The molecule has 5 nitrogen and oxygen atoms in total. The summed E-state index contributed by atoms with van der Waals surface area (Å²) < 4.78 is 25.5. The Balaban J connectivity index is 1.86. The molecule has 0 aliphatic carbocycles. The highest BCUT2D eigenvalue weighted by Crippen LogP contribution is 2.18. The molecule has 0 saturated carbocycles. The second-order valence-corrected chi connectivity index (χ2v) is 9.55. The Morgan fingerprint density at radius 3 is 2.10 bits per heavy atom. The van der Waals surface area contributed by atoms with Gasteiger partial charge in [-0.25, -0.2) is 8.42 Å².